The number of benzene rings is 1. The maximum atomic E-state index is 13.0. The molecule has 130 valence electrons. The van der Waals surface area contributed by atoms with Gasteiger partial charge in [-0.15, -0.1) is 0 Å². The zero-order valence-electron chi connectivity index (χ0n) is 14.1. The third-order valence-electron chi connectivity index (χ3n) is 4.14. The van der Waals surface area contributed by atoms with Crippen LogP contribution in [-0.2, 0) is 6.54 Å². The fraction of sp³-hybridized carbons (Fsp3) is 0.105. The molecule has 0 aliphatic rings. The first-order valence-corrected chi connectivity index (χ1v) is 8.08. The SMILES string of the molecule is CN(Cc1cnn(-c2ccc(F)cc2)c1)C(=O)c1ccn2nccc2c1. The monoisotopic (exact) mass is 349 g/mol. The van der Waals surface area contributed by atoms with Crippen LogP contribution in [0.25, 0.3) is 11.2 Å². The molecule has 0 N–H and O–H groups in total. The van der Waals surface area contributed by atoms with Crippen LogP contribution in [0.2, 0.25) is 0 Å². The Morgan fingerprint density at radius 2 is 1.96 bits per heavy atom. The largest absolute Gasteiger partial charge is 0.337 e. The molecule has 1 amide bonds. The zero-order valence-corrected chi connectivity index (χ0v) is 14.1. The smallest absolute Gasteiger partial charge is 0.254 e. The van der Waals surface area contributed by atoms with Crippen molar-refractivity contribution in [2.45, 2.75) is 6.54 Å². The van der Waals surface area contributed by atoms with Crippen LogP contribution >= 0.6 is 0 Å². The Morgan fingerprint density at radius 1 is 1.15 bits per heavy atom. The van der Waals surface area contributed by atoms with Crippen LogP contribution in [0, 0.1) is 5.82 Å². The maximum Gasteiger partial charge on any atom is 0.254 e. The molecule has 3 heterocycles. The normalized spacial score (nSPS) is 11.0. The lowest BCUT2D eigenvalue weighted by Gasteiger charge is -2.16. The van der Waals surface area contributed by atoms with Crippen molar-refractivity contribution in [3.8, 4) is 5.69 Å². The van der Waals surface area contributed by atoms with Gasteiger partial charge in [-0.2, -0.15) is 10.2 Å². The van der Waals surface area contributed by atoms with E-state index in [-0.39, 0.29) is 11.7 Å². The Hall–Kier alpha value is -3.48. The second-order valence-corrected chi connectivity index (χ2v) is 6.05. The van der Waals surface area contributed by atoms with E-state index in [1.165, 1.54) is 12.1 Å². The second kappa shape index (κ2) is 6.44. The van der Waals surface area contributed by atoms with Gasteiger partial charge < -0.3 is 4.90 Å². The molecule has 3 aromatic heterocycles. The van der Waals surface area contributed by atoms with Gasteiger partial charge in [0.2, 0.25) is 0 Å². The van der Waals surface area contributed by atoms with Crippen molar-refractivity contribution in [2.24, 2.45) is 0 Å². The van der Waals surface area contributed by atoms with Gasteiger partial charge in [-0.1, -0.05) is 0 Å². The first-order valence-electron chi connectivity index (χ1n) is 8.08. The number of nitrogens with zero attached hydrogens (tertiary/aromatic N) is 5. The van der Waals surface area contributed by atoms with E-state index in [1.807, 2.05) is 18.3 Å². The topological polar surface area (TPSA) is 55.4 Å². The number of aromatic nitrogens is 4. The van der Waals surface area contributed by atoms with Crippen LogP contribution in [-0.4, -0.2) is 37.2 Å². The van der Waals surface area contributed by atoms with Gasteiger partial charge in [-0.05, 0) is 42.5 Å². The average molecular weight is 349 g/mol. The number of fused-ring (bicyclic) bond motifs is 1. The third-order valence-corrected chi connectivity index (χ3v) is 4.14. The predicted molar refractivity (Wildman–Crippen MR) is 94.5 cm³/mol. The Balaban J connectivity index is 1.49. The van der Waals surface area contributed by atoms with Crippen molar-refractivity contribution in [3.63, 3.8) is 0 Å². The number of hydrogen-bond acceptors (Lipinski definition) is 3. The molecule has 0 saturated carbocycles. The van der Waals surface area contributed by atoms with Gasteiger partial charge in [0.15, 0.2) is 0 Å². The summed E-state index contributed by atoms with van der Waals surface area (Å²) in [5.41, 5.74) is 3.12. The molecule has 6 nitrogen and oxygen atoms in total. The van der Waals surface area contributed by atoms with Crippen LogP contribution in [0.3, 0.4) is 0 Å². The highest BCUT2D eigenvalue weighted by Crippen LogP contribution is 2.13. The van der Waals surface area contributed by atoms with Gasteiger partial charge in [0.25, 0.3) is 5.91 Å². The Kier molecular flexibility index (Phi) is 3.96. The molecule has 0 radical (unpaired) electrons. The molecule has 1 aromatic carbocycles. The third kappa shape index (κ3) is 3.06. The lowest BCUT2D eigenvalue weighted by atomic mass is 10.2. The van der Waals surface area contributed by atoms with Gasteiger partial charge in [0.05, 0.1) is 17.4 Å². The van der Waals surface area contributed by atoms with E-state index < -0.39 is 0 Å². The molecule has 0 unspecified atom stereocenters. The molecule has 0 aliphatic carbocycles. The van der Waals surface area contributed by atoms with Crippen molar-refractivity contribution >= 4 is 11.4 Å². The van der Waals surface area contributed by atoms with Crippen LogP contribution in [0.15, 0.2) is 67.3 Å². The first kappa shape index (κ1) is 16.0. The van der Waals surface area contributed by atoms with E-state index in [9.17, 15) is 9.18 Å². The number of carbonyl (C=O) groups excluding carboxylic acids is 1. The lowest BCUT2D eigenvalue weighted by molar-refractivity contribution is 0.0785. The second-order valence-electron chi connectivity index (χ2n) is 6.05. The number of carbonyl (C=O) groups is 1. The fourth-order valence-corrected chi connectivity index (χ4v) is 2.80. The van der Waals surface area contributed by atoms with E-state index in [4.69, 9.17) is 0 Å². The number of pyridine rings is 1. The molecule has 0 spiro atoms. The average Bonchev–Trinajstić information content (AvgIpc) is 3.30. The number of amides is 1. The number of hydrogen-bond donors (Lipinski definition) is 0. The molecule has 0 atom stereocenters. The molecule has 4 rings (SSSR count). The quantitative estimate of drug-likeness (QED) is 0.569. The number of rotatable bonds is 4. The minimum atomic E-state index is -0.290. The summed E-state index contributed by atoms with van der Waals surface area (Å²) in [6.07, 6.45) is 6.99. The van der Waals surface area contributed by atoms with E-state index in [0.717, 1.165) is 16.8 Å². The van der Waals surface area contributed by atoms with Crippen molar-refractivity contribution < 1.29 is 9.18 Å². The molecule has 7 heteroatoms. The molecule has 0 saturated heterocycles. The molecule has 0 fully saturated rings. The van der Waals surface area contributed by atoms with Crippen LogP contribution in [0.1, 0.15) is 15.9 Å². The van der Waals surface area contributed by atoms with Gasteiger partial charge in [0.1, 0.15) is 5.82 Å². The van der Waals surface area contributed by atoms with E-state index in [1.54, 1.807) is 57.9 Å². The summed E-state index contributed by atoms with van der Waals surface area (Å²) < 4.78 is 16.4. The summed E-state index contributed by atoms with van der Waals surface area (Å²) in [6, 6.07) is 11.5. The summed E-state index contributed by atoms with van der Waals surface area (Å²) in [6.45, 7) is 0.421. The highest BCUT2D eigenvalue weighted by atomic mass is 19.1. The summed E-state index contributed by atoms with van der Waals surface area (Å²) in [5, 5.41) is 8.41. The molecule has 0 aliphatic heterocycles. The fourth-order valence-electron chi connectivity index (χ4n) is 2.80. The van der Waals surface area contributed by atoms with Gasteiger partial charge in [-0.25, -0.2) is 13.6 Å². The molecule has 4 aromatic rings. The highest BCUT2D eigenvalue weighted by Gasteiger charge is 2.14. The van der Waals surface area contributed by atoms with Gasteiger partial charge in [-0.3, -0.25) is 4.79 Å². The summed E-state index contributed by atoms with van der Waals surface area (Å²) in [5.74, 6) is -0.371. The van der Waals surface area contributed by atoms with Gasteiger partial charge >= 0.3 is 0 Å². The van der Waals surface area contributed by atoms with Crippen molar-refractivity contribution in [1.29, 1.82) is 0 Å². The van der Waals surface area contributed by atoms with E-state index in [0.29, 0.717) is 12.1 Å². The maximum absolute atomic E-state index is 13.0. The molecule has 26 heavy (non-hydrogen) atoms. The summed E-state index contributed by atoms with van der Waals surface area (Å²) in [7, 11) is 1.75. The van der Waals surface area contributed by atoms with Crippen LogP contribution in [0.4, 0.5) is 4.39 Å². The van der Waals surface area contributed by atoms with Crippen molar-refractivity contribution in [2.75, 3.05) is 7.05 Å². The number of halogens is 1. The van der Waals surface area contributed by atoms with Crippen molar-refractivity contribution in [3.05, 3.63) is 84.2 Å². The minimum absolute atomic E-state index is 0.0803. The summed E-state index contributed by atoms with van der Waals surface area (Å²) >= 11 is 0. The Bertz CT molecular complexity index is 1070. The Morgan fingerprint density at radius 3 is 2.77 bits per heavy atom. The van der Waals surface area contributed by atoms with Crippen LogP contribution < -0.4 is 0 Å². The summed E-state index contributed by atoms with van der Waals surface area (Å²) in [4.78, 5) is 14.3. The standard InChI is InChI=1S/C19H16FN5O/c1-23(19(26)15-7-9-24-18(10-15)6-8-21-24)12-14-11-22-25(13-14)17-4-2-16(20)3-5-17/h2-11,13H,12H2,1H3. The highest BCUT2D eigenvalue weighted by molar-refractivity contribution is 5.95. The predicted octanol–water partition coefficient (Wildman–Crippen LogP) is 2.93. The minimum Gasteiger partial charge on any atom is -0.337 e. The molecular formula is C19H16FN5O. The van der Waals surface area contributed by atoms with E-state index in [2.05, 4.69) is 10.2 Å². The van der Waals surface area contributed by atoms with Gasteiger partial charge in [0, 0.05) is 43.3 Å². The first-order chi connectivity index (χ1) is 12.6. The van der Waals surface area contributed by atoms with Crippen LogP contribution in [0.5, 0.6) is 0 Å². The Labute approximate surface area is 149 Å². The molecular weight excluding hydrogens is 333 g/mol. The van der Waals surface area contributed by atoms with Crippen molar-refractivity contribution in [1.82, 2.24) is 24.3 Å². The molecule has 0 bridgehead atoms. The lowest BCUT2D eigenvalue weighted by Crippen LogP contribution is -2.26. The van der Waals surface area contributed by atoms with E-state index >= 15 is 0 Å². The zero-order chi connectivity index (χ0) is 18.1.